The van der Waals surface area contributed by atoms with Crippen molar-refractivity contribution in [1.82, 2.24) is 0 Å². The van der Waals surface area contributed by atoms with Crippen LogP contribution in [0, 0.1) is 0 Å². The highest BCUT2D eigenvalue weighted by atomic mass is 16.6. The molecule has 0 N–H and O–H groups in total. The first-order valence-corrected chi connectivity index (χ1v) is 6.48. The van der Waals surface area contributed by atoms with E-state index in [1.807, 2.05) is 6.07 Å². The van der Waals surface area contributed by atoms with E-state index < -0.39 is 0 Å². The summed E-state index contributed by atoms with van der Waals surface area (Å²) >= 11 is 0. The first-order valence-electron chi connectivity index (χ1n) is 6.48. The van der Waals surface area contributed by atoms with Crippen molar-refractivity contribution in [2.24, 2.45) is 5.16 Å². The number of benzene rings is 1. The van der Waals surface area contributed by atoms with E-state index in [-0.39, 0.29) is 29.7 Å². The molecular formula is C16H13NO3. The molecule has 0 amide bonds. The number of allylic oxidation sites excluding steroid dienone is 4. The Morgan fingerprint density at radius 1 is 1.35 bits per heavy atom. The Morgan fingerprint density at radius 2 is 2.25 bits per heavy atom. The van der Waals surface area contributed by atoms with Gasteiger partial charge in [-0.25, -0.2) is 0 Å². The number of oxime groups is 1. The van der Waals surface area contributed by atoms with Crippen LogP contribution in [0.15, 0.2) is 53.2 Å². The van der Waals surface area contributed by atoms with Crippen LogP contribution in [0.5, 0.6) is 0 Å². The van der Waals surface area contributed by atoms with E-state index in [4.69, 9.17) is 4.84 Å². The third-order valence-electron chi connectivity index (χ3n) is 3.35. The number of carbonyl (C=O) groups is 2. The third-order valence-corrected chi connectivity index (χ3v) is 3.35. The molecule has 1 aromatic carbocycles. The van der Waals surface area contributed by atoms with Gasteiger partial charge in [-0.3, -0.25) is 9.59 Å². The number of Topliss-reactive ketones (excluding diaryl/α,β-unsaturated/α-hetero) is 2. The molecule has 0 saturated carbocycles. The quantitative estimate of drug-likeness (QED) is 0.625. The minimum absolute atomic E-state index is 0.136. The van der Waals surface area contributed by atoms with E-state index in [0.29, 0.717) is 12.0 Å². The fourth-order valence-electron chi connectivity index (χ4n) is 2.28. The minimum Gasteiger partial charge on any atom is -0.388 e. The Bertz CT molecular complexity index is 647. The van der Waals surface area contributed by atoms with E-state index in [0.717, 1.165) is 5.56 Å². The van der Waals surface area contributed by atoms with Crippen LogP contribution in [0.1, 0.15) is 34.9 Å². The highest BCUT2D eigenvalue weighted by Crippen LogP contribution is 2.26. The standard InChI is InChI=1S/C16H13NO3/c18-14-7-2-1-6-13(14)16(19)12-5-3-4-11(10-12)15-8-9-17-20-15/h1-6,9-10,15H,7-8H2. The van der Waals surface area contributed by atoms with Crippen LogP contribution in [0.25, 0.3) is 0 Å². The van der Waals surface area contributed by atoms with Crippen molar-refractivity contribution in [1.29, 1.82) is 0 Å². The van der Waals surface area contributed by atoms with Crippen LogP contribution >= 0.6 is 0 Å². The molecule has 4 nitrogen and oxygen atoms in total. The molecule has 0 spiro atoms. The predicted octanol–water partition coefficient (Wildman–Crippen LogP) is 2.77. The van der Waals surface area contributed by atoms with Crippen LogP contribution < -0.4 is 0 Å². The molecule has 0 aromatic heterocycles. The summed E-state index contributed by atoms with van der Waals surface area (Å²) < 4.78 is 0. The first-order chi connectivity index (χ1) is 9.75. The zero-order valence-corrected chi connectivity index (χ0v) is 10.8. The molecule has 1 aliphatic carbocycles. The average molecular weight is 267 g/mol. The van der Waals surface area contributed by atoms with E-state index in [1.165, 1.54) is 0 Å². The summed E-state index contributed by atoms with van der Waals surface area (Å²) in [6, 6.07) is 7.18. The average Bonchev–Trinajstić information content (AvgIpc) is 3.01. The molecule has 1 atom stereocenters. The lowest BCUT2D eigenvalue weighted by Crippen LogP contribution is -2.14. The highest BCUT2D eigenvalue weighted by Gasteiger charge is 2.22. The number of ketones is 2. The lowest BCUT2D eigenvalue weighted by molar-refractivity contribution is -0.114. The lowest BCUT2D eigenvalue weighted by Gasteiger charge is -2.11. The Balaban J connectivity index is 1.88. The van der Waals surface area contributed by atoms with Gasteiger partial charge in [-0.1, -0.05) is 35.5 Å². The Labute approximate surface area is 116 Å². The zero-order valence-electron chi connectivity index (χ0n) is 10.8. The molecule has 0 radical (unpaired) electrons. The monoisotopic (exact) mass is 267 g/mol. The smallest absolute Gasteiger partial charge is 0.196 e. The van der Waals surface area contributed by atoms with Gasteiger partial charge < -0.3 is 4.84 Å². The van der Waals surface area contributed by atoms with Gasteiger partial charge in [-0.05, 0) is 17.7 Å². The fourth-order valence-corrected chi connectivity index (χ4v) is 2.28. The molecule has 1 aromatic rings. The Kier molecular flexibility index (Phi) is 3.29. The van der Waals surface area contributed by atoms with E-state index >= 15 is 0 Å². The number of rotatable bonds is 3. The maximum absolute atomic E-state index is 12.4. The Morgan fingerprint density at radius 3 is 3.00 bits per heavy atom. The summed E-state index contributed by atoms with van der Waals surface area (Å²) in [4.78, 5) is 29.4. The summed E-state index contributed by atoms with van der Waals surface area (Å²) in [7, 11) is 0. The zero-order chi connectivity index (χ0) is 13.9. The molecule has 4 heteroatoms. The van der Waals surface area contributed by atoms with Gasteiger partial charge in [0.1, 0.15) is 0 Å². The van der Waals surface area contributed by atoms with Crippen LogP contribution in [-0.2, 0) is 9.63 Å². The molecule has 1 heterocycles. The third kappa shape index (κ3) is 2.32. The number of carbonyl (C=O) groups excluding carboxylic acids is 2. The molecule has 100 valence electrons. The number of hydrogen-bond acceptors (Lipinski definition) is 4. The molecule has 2 aliphatic rings. The van der Waals surface area contributed by atoms with Gasteiger partial charge in [0, 0.05) is 24.6 Å². The number of nitrogens with zero attached hydrogens (tertiary/aromatic N) is 1. The van der Waals surface area contributed by atoms with Crippen LogP contribution in [0.4, 0.5) is 0 Å². The maximum atomic E-state index is 12.4. The first kappa shape index (κ1) is 12.5. The van der Waals surface area contributed by atoms with Crippen molar-refractivity contribution in [3.8, 4) is 0 Å². The van der Waals surface area contributed by atoms with Crippen LogP contribution in [-0.4, -0.2) is 17.8 Å². The molecule has 20 heavy (non-hydrogen) atoms. The summed E-state index contributed by atoms with van der Waals surface area (Å²) in [5.74, 6) is -0.372. The molecule has 0 bridgehead atoms. The maximum Gasteiger partial charge on any atom is 0.196 e. The second-order valence-corrected chi connectivity index (χ2v) is 4.71. The number of hydrogen-bond donors (Lipinski definition) is 0. The van der Waals surface area contributed by atoms with Crippen molar-refractivity contribution in [2.75, 3.05) is 0 Å². The SMILES string of the molecule is O=C1CC=CC=C1C(=O)c1cccc(C2CC=NO2)c1. The molecule has 3 rings (SSSR count). The predicted molar refractivity (Wildman–Crippen MR) is 74.6 cm³/mol. The van der Waals surface area contributed by atoms with Crippen LogP contribution in [0.2, 0.25) is 0 Å². The van der Waals surface area contributed by atoms with Gasteiger partial charge in [0.2, 0.25) is 0 Å². The fraction of sp³-hybridized carbons (Fsp3) is 0.188. The molecule has 0 fully saturated rings. The molecule has 1 aliphatic heterocycles. The van der Waals surface area contributed by atoms with E-state index in [9.17, 15) is 9.59 Å². The summed E-state index contributed by atoms with van der Waals surface area (Å²) in [6.45, 7) is 0. The van der Waals surface area contributed by atoms with E-state index in [1.54, 1.807) is 42.6 Å². The van der Waals surface area contributed by atoms with Gasteiger partial charge in [0.05, 0.1) is 5.57 Å². The lowest BCUT2D eigenvalue weighted by atomic mass is 9.93. The van der Waals surface area contributed by atoms with Gasteiger partial charge in [-0.2, -0.15) is 0 Å². The summed E-state index contributed by atoms with van der Waals surface area (Å²) in [5, 5.41) is 3.73. The van der Waals surface area contributed by atoms with Gasteiger partial charge >= 0.3 is 0 Å². The van der Waals surface area contributed by atoms with Crippen molar-refractivity contribution < 1.29 is 14.4 Å². The van der Waals surface area contributed by atoms with Crippen molar-refractivity contribution in [3.05, 3.63) is 59.2 Å². The summed E-state index contributed by atoms with van der Waals surface area (Å²) in [5.41, 5.74) is 1.65. The van der Waals surface area contributed by atoms with Crippen molar-refractivity contribution in [2.45, 2.75) is 18.9 Å². The van der Waals surface area contributed by atoms with Gasteiger partial charge in [-0.15, -0.1) is 0 Å². The molecule has 1 unspecified atom stereocenters. The largest absolute Gasteiger partial charge is 0.388 e. The van der Waals surface area contributed by atoms with Crippen molar-refractivity contribution in [3.63, 3.8) is 0 Å². The second-order valence-electron chi connectivity index (χ2n) is 4.71. The van der Waals surface area contributed by atoms with Crippen LogP contribution in [0.3, 0.4) is 0 Å². The topological polar surface area (TPSA) is 55.7 Å². The molecule has 0 saturated heterocycles. The van der Waals surface area contributed by atoms with Gasteiger partial charge in [0.25, 0.3) is 0 Å². The molecular weight excluding hydrogens is 254 g/mol. The highest BCUT2D eigenvalue weighted by molar-refractivity contribution is 6.27. The Hall–Kier alpha value is -2.49. The van der Waals surface area contributed by atoms with Gasteiger partial charge in [0.15, 0.2) is 17.7 Å². The van der Waals surface area contributed by atoms with Crippen molar-refractivity contribution >= 4 is 17.8 Å². The minimum atomic E-state index is -0.236. The second kappa shape index (κ2) is 5.25. The normalized spacial score (nSPS) is 20.7. The van der Waals surface area contributed by atoms with E-state index in [2.05, 4.69) is 5.16 Å². The summed E-state index contributed by atoms with van der Waals surface area (Å²) in [6.07, 6.45) is 7.62.